The molecule has 19 heavy (non-hydrogen) atoms. The third-order valence-corrected chi connectivity index (χ3v) is 4.50. The first-order valence-electron chi connectivity index (χ1n) is 5.57. The van der Waals surface area contributed by atoms with Crippen LogP contribution in [0.1, 0.15) is 13.8 Å². The van der Waals surface area contributed by atoms with Crippen LogP contribution < -0.4 is 5.56 Å². The van der Waals surface area contributed by atoms with Crippen molar-refractivity contribution in [3.63, 3.8) is 0 Å². The van der Waals surface area contributed by atoms with Gasteiger partial charge in [0.2, 0.25) is 0 Å². The maximum absolute atomic E-state index is 11.5. The Kier molecular flexibility index (Phi) is 4.11. The summed E-state index contributed by atoms with van der Waals surface area (Å²) < 4.78 is 5.99. The Balaban J connectivity index is 2.25. The lowest BCUT2D eigenvalue weighted by Crippen LogP contribution is -2.16. The van der Waals surface area contributed by atoms with E-state index in [2.05, 4.69) is 9.97 Å². The third kappa shape index (κ3) is 3.07. The number of pyridine rings is 1. The number of rotatable bonds is 4. The number of aromatic nitrogens is 2. The summed E-state index contributed by atoms with van der Waals surface area (Å²) in [5, 5.41) is 9.25. The monoisotopic (exact) mass is 300 g/mol. The molecule has 0 aliphatic carbocycles. The van der Waals surface area contributed by atoms with Crippen LogP contribution in [0, 0.1) is 0 Å². The predicted molar refractivity (Wildman–Crippen MR) is 73.9 cm³/mol. The van der Waals surface area contributed by atoms with Crippen molar-refractivity contribution >= 4 is 39.4 Å². The Labute approximate surface area is 116 Å². The van der Waals surface area contributed by atoms with Crippen molar-refractivity contribution in [2.24, 2.45) is 0 Å². The lowest BCUT2D eigenvalue weighted by atomic mass is 10.4. The SMILES string of the molecule is CCOC(=O)[C@H](C)Sc1nc2[nH]c(=O)cc(O)c2s1. The summed E-state index contributed by atoms with van der Waals surface area (Å²) in [6, 6.07) is 1.10. The van der Waals surface area contributed by atoms with E-state index < -0.39 is 10.8 Å². The summed E-state index contributed by atoms with van der Waals surface area (Å²) in [4.78, 5) is 29.4. The van der Waals surface area contributed by atoms with Crippen LogP contribution in [0.4, 0.5) is 0 Å². The summed E-state index contributed by atoms with van der Waals surface area (Å²) in [6.45, 7) is 3.80. The number of aromatic hydroxyl groups is 1. The van der Waals surface area contributed by atoms with E-state index in [1.165, 1.54) is 23.1 Å². The van der Waals surface area contributed by atoms with Crippen molar-refractivity contribution in [1.82, 2.24) is 9.97 Å². The largest absolute Gasteiger partial charge is 0.506 e. The van der Waals surface area contributed by atoms with Crippen molar-refractivity contribution in [1.29, 1.82) is 0 Å². The molecule has 0 aliphatic heterocycles. The number of nitrogens with zero attached hydrogens (tertiary/aromatic N) is 1. The van der Waals surface area contributed by atoms with Crippen LogP contribution in [0.5, 0.6) is 5.75 Å². The molecule has 6 nitrogen and oxygen atoms in total. The fourth-order valence-electron chi connectivity index (χ4n) is 1.41. The van der Waals surface area contributed by atoms with Gasteiger partial charge in [0.05, 0.1) is 6.61 Å². The Morgan fingerprint density at radius 1 is 1.68 bits per heavy atom. The molecule has 0 bridgehead atoms. The van der Waals surface area contributed by atoms with Gasteiger partial charge in [-0.05, 0) is 13.8 Å². The zero-order chi connectivity index (χ0) is 14.0. The summed E-state index contributed by atoms with van der Waals surface area (Å²) in [7, 11) is 0. The van der Waals surface area contributed by atoms with Gasteiger partial charge in [0, 0.05) is 6.07 Å². The summed E-state index contributed by atoms with van der Waals surface area (Å²) in [6.07, 6.45) is 0. The van der Waals surface area contributed by atoms with E-state index in [0.717, 1.165) is 6.07 Å². The zero-order valence-electron chi connectivity index (χ0n) is 10.3. The van der Waals surface area contributed by atoms with Crippen LogP contribution in [0.3, 0.4) is 0 Å². The molecule has 8 heteroatoms. The van der Waals surface area contributed by atoms with Gasteiger partial charge in [0.1, 0.15) is 15.7 Å². The van der Waals surface area contributed by atoms with E-state index in [-0.39, 0.29) is 11.7 Å². The highest BCUT2D eigenvalue weighted by atomic mass is 32.2. The number of ether oxygens (including phenoxy) is 1. The number of esters is 1. The highest BCUT2D eigenvalue weighted by Crippen LogP contribution is 2.34. The second-order valence-corrected chi connectivity index (χ2v) is 6.28. The molecule has 0 aliphatic rings. The van der Waals surface area contributed by atoms with Crippen LogP contribution in [0.25, 0.3) is 10.3 Å². The number of fused-ring (bicyclic) bond motifs is 1. The summed E-state index contributed by atoms with van der Waals surface area (Å²) in [5.74, 6) is -0.420. The molecule has 0 spiro atoms. The fraction of sp³-hybridized carbons (Fsp3) is 0.364. The standard InChI is InChI=1S/C11H12N2O4S2/c1-3-17-10(16)5(2)18-11-13-9-8(19-11)6(14)4-7(15)12-9/h4-5H,3H2,1-2H3,(H2,12,14,15)/t5-/m0/s1. The molecule has 0 fully saturated rings. The average Bonchev–Trinajstić information content (AvgIpc) is 2.72. The molecule has 0 amide bonds. The van der Waals surface area contributed by atoms with E-state index >= 15 is 0 Å². The minimum atomic E-state index is -0.412. The molecule has 0 saturated heterocycles. The zero-order valence-corrected chi connectivity index (χ0v) is 11.9. The maximum Gasteiger partial charge on any atom is 0.319 e. The van der Waals surface area contributed by atoms with Gasteiger partial charge in [-0.15, -0.1) is 11.3 Å². The summed E-state index contributed by atoms with van der Waals surface area (Å²) in [5.41, 5.74) is -0.0844. The van der Waals surface area contributed by atoms with Crippen molar-refractivity contribution in [2.75, 3.05) is 6.61 Å². The Bertz CT molecular complexity index is 664. The van der Waals surface area contributed by atoms with E-state index in [9.17, 15) is 14.7 Å². The molecule has 2 aromatic rings. The number of carbonyl (C=O) groups is 1. The van der Waals surface area contributed by atoms with Crippen LogP contribution in [0.2, 0.25) is 0 Å². The predicted octanol–water partition coefficient (Wildman–Crippen LogP) is 1.73. The van der Waals surface area contributed by atoms with Crippen LogP contribution in [-0.4, -0.2) is 32.9 Å². The minimum Gasteiger partial charge on any atom is -0.506 e. The molecule has 1 atom stereocenters. The van der Waals surface area contributed by atoms with E-state index in [1.54, 1.807) is 13.8 Å². The van der Waals surface area contributed by atoms with E-state index in [4.69, 9.17) is 4.74 Å². The van der Waals surface area contributed by atoms with Crippen molar-refractivity contribution < 1.29 is 14.6 Å². The molecular formula is C11H12N2O4S2. The highest BCUT2D eigenvalue weighted by Gasteiger charge is 2.18. The first-order chi connectivity index (χ1) is 9.01. The molecule has 2 N–H and O–H groups in total. The first kappa shape index (κ1) is 13.9. The molecular weight excluding hydrogens is 288 g/mol. The van der Waals surface area contributed by atoms with Gasteiger partial charge in [-0.1, -0.05) is 11.8 Å². The number of thiazole rings is 1. The van der Waals surface area contributed by atoms with Gasteiger partial charge in [0.25, 0.3) is 5.56 Å². The molecule has 2 rings (SSSR count). The first-order valence-corrected chi connectivity index (χ1v) is 7.27. The number of hydrogen-bond donors (Lipinski definition) is 2. The lowest BCUT2D eigenvalue weighted by Gasteiger charge is -2.07. The second-order valence-electron chi connectivity index (χ2n) is 3.69. The highest BCUT2D eigenvalue weighted by molar-refractivity contribution is 8.02. The number of hydrogen-bond acceptors (Lipinski definition) is 7. The molecule has 102 valence electrons. The topological polar surface area (TPSA) is 92.3 Å². The molecule has 0 radical (unpaired) electrons. The quantitative estimate of drug-likeness (QED) is 0.660. The molecule has 2 heterocycles. The van der Waals surface area contributed by atoms with Crippen molar-refractivity contribution in [2.45, 2.75) is 23.4 Å². The number of H-pyrrole nitrogens is 1. The van der Waals surface area contributed by atoms with Gasteiger partial charge >= 0.3 is 5.97 Å². The lowest BCUT2D eigenvalue weighted by molar-refractivity contribution is -0.142. The molecule has 2 aromatic heterocycles. The van der Waals surface area contributed by atoms with Crippen LogP contribution in [0.15, 0.2) is 15.2 Å². The Morgan fingerprint density at radius 3 is 3.11 bits per heavy atom. The Hall–Kier alpha value is -1.54. The molecule has 0 aromatic carbocycles. The Morgan fingerprint density at radius 2 is 2.42 bits per heavy atom. The van der Waals surface area contributed by atoms with Gasteiger partial charge < -0.3 is 14.8 Å². The normalized spacial score (nSPS) is 12.5. The number of thioether (sulfide) groups is 1. The summed E-state index contributed by atoms with van der Waals surface area (Å²) >= 11 is 2.45. The van der Waals surface area contributed by atoms with Gasteiger partial charge in [-0.25, -0.2) is 4.98 Å². The van der Waals surface area contributed by atoms with Crippen LogP contribution in [-0.2, 0) is 9.53 Å². The van der Waals surface area contributed by atoms with E-state index in [1.807, 2.05) is 0 Å². The van der Waals surface area contributed by atoms with Gasteiger partial charge in [-0.3, -0.25) is 9.59 Å². The minimum absolute atomic E-state index is 0.105. The van der Waals surface area contributed by atoms with Crippen molar-refractivity contribution in [3.8, 4) is 5.75 Å². The van der Waals surface area contributed by atoms with Gasteiger partial charge in [-0.2, -0.15) is 0 Å². The molecule has 0 saturated carbocycles. The fourth-order valence-corrected chi connectivity index (χ4v) is 3.57. The number of aromatic amines is 1. The van der Waals surface area contributed by atoms with Gasteiger partial charge in [0.15, 0.2) is 9.99 Å². The number of nitrogens with one attached hydrogen (secondary N) is 1. The van der Waals surface area contributed by atoms with Crippen molar-refractivity contribution in [3.05, 3.63) is 16.4 Å². The average molecular weight is 300 g/mol. The number of carbonyl (C=O) groups excluding carboxylic acids is 1. The van der Waals surface area contributed by atoms with Crippen LogP contribution >= 0.6 is 23.1 Å². The smallest absolute Gasteiger partial charge is 0.319 e. The molecule has 0 unspecified atom stereocenters. The van der Waals surface area contributed by atoms with E-state index in [0.29, 0.717) is 21.3 Å². The third-order valence-electron chi connectivity index (χ3n) is 2.25. The second kappa shape index (κ2) is 5.62. The maximum atomic E-state index is 11.5.